The Labute approximate surface area is 187 Å². The topological polar surface area (TPSA) is 96.1 Å². The first-order valence-corrected chi connectivity index (χ1v) is 10.1. The molecule has 5 rings (SSSR count). The van der Waals surface area contributed by atoms with Crippen molar-refractivity contribution in [2.24, 2.45) is 0 Å². The first-order chi connectivity index (χ1) is 16.0. The summed E-state index contributed by atoms with van der Waals surface area (Å²) in [6.07, 6.45) is 3.00. The van der Waals surface area contributed by atoms with E-state index < -0.39 is 11.4 Å². The van der Waals surface area contributed by atoms with Crippen LogP contribution in [0.5, 0.6) is 11.6 Å². The Kier molecular flexibility index (Phi) is 4.92. The van der Waals surface area contributed by atoms with Gasteiger partial charge in [-0.15, -0.1) is 0 Å². The zero-order chi connectivity index (χ0) is 22.9. The fraction of sp³-hybridized carbons (Fsp3) is 0.0400. The number of rotatable bonds is 4. The van der Waals surface area contributed by atoms with Gasteiger partial charge < -0.3 is 9.72 Å². The maximum atomic E-state index is 13.4. The molecule has 8 heteroatoms. The SMILES string of the molecule is Cc1cccn2c(=O)c(C=C(C#N)c3nc4ccccc4[nH]3)c(Oc3ccc(F)cc3)nc12. The molecule has 160 valence electrons. The smallest absolute Gasteiger partial charge is 0.269 e. The van der Waals surface area contributed by atoms with Crippen molar-refractivity contribution in [1.29, 1.82) is 5.26 Å². The predicted octanol–water partition coefficient (Wildman–Crippen LogP) is 4.87. The summed E-state index contributed by atoms with van der Waals surface area (Å²) in [5.41, 5.74) is 2.44. The van der Waals surface area contributed by atoms with Gasteiger partial charge in [0.2, 0.25) is 5.88 Å². The van der Waals surface area contributed by atoms with Gasteiger partial charge in [0.05, 0.1) is 16.6 Å². The van der Waals surface area contributed by atoms with Crippen molar-refractivity contribution >= 4 is 28.3 Å². The van der Waals surface area contributed by atoms with E-state index in [-0.39, 0.29) is 17.0 Å². The van der Waals surface area contributed by atoms with Gasteiger partial charge in [-0.2, -0.15) is 10.2 Å². The maximum absolute atomic E-state index is 13.4. The van der Waals surface area contributed by atoms with Crippen LogP contribution in [0.2, 0.25) is 0 Å². The van der Waals surface area contributed by atoms with Gasteiger partial charge in [-0.25, -0.2) is 9.37 Å². The fourth-order valence-corrected chi connectivity index (χ4v) is 3.49. The highest BCUT2D eigenvalue weighted by molar-refractivity contribution is 5.91. The van der Waals surface area contributed by atoms with Gasteiger partial charge in [-0.1, -0.05) is 18.2 Å². The molecule has 33 heavy (non-hydrogen) atoms. The number of nitriles is 1. The summed E-state index contributed by atoms with van der Waals surface area (Å²) in [5, 5.41) is 9.84. The van der Waals surface area contributed by atoms with Gasteiger partial charge in [-0.05, 0) is 61.0 Å². The third kappa shape index (κ3) is 3.72. The number of aromatic nitrogens is 4. The Morgan fingerprint density at radius 1 is 1.12 bits per heavy atom. The second-order valence-electron chi connectivity index (χ2n) is 7.35. The van der Waals surface area contributed by atoms with Gasteiger partial charge in [0, 0.05) is 6.20 Å². The van der Waals surface area contributed by atoms with E-state index in [4.69, 9.17) is 4.74 Å². The number of H-pyrrole nitrogens is 1. The van der Waals surface area contributed by atoms with E-state index in [0.29, 0.717) is 22.7 Å². The fourth-order valence-electron chi connectivity index (χ4n) is 3.49. The monoisotopic (exact) mass is 437 g/mol. The van der Waals surface area contributed by atoms with Gasteiger partial charge in [0.25, 0.3) is 5.56 Å². The second kappa shape index (κ2) is 8.05. The Hall–Kier alpha value is -4.77. The average molecular weight is 437 g/mol. The molecule has 0 unspecified atom stereocenters. The number of hydrogen-bond acceptors (Lipinski definition) is 5. The summed E-state index contributed by atoms with van der Waals surface area (Å²) in [4.78, 5) is 25.5. The van der Waals surface area contributed by atoms with E-state index >= 15 is 0 Å². The number of benzene rings is 2. The van der Waals surface area contributed by atoms with Crippen LogP contribution in [0.3, 0.4) is 0 Å². The van der Waals surface area contributed by atoms with Crippen LogP contribution in [-0.4, -0.2) is 19.4 Å². The van der Waals surface area contributed by atoms with Crippen molar-refractivity contribution in [2.75, 3.05) is 0 Å². The molecule has 0 atom stereocenters. The molecular formula is C25H16FN5O2. The molecule has 0 spiro atoms. The molecule has 0 aliphatic carbocycles. The van der Waals surface area contributed by atoms with Crippen molar-refractivity contribution in [3.05, 3.63) is 100.0 Å². The summed E-state index contributed by atoms with van der Waals surface area (Å²) in [6.45, 7) is 1.83. The van der Waals surface area contributed by atoms with Crippen LogP contribution in [-0.2, 0) is 0 Å². The van der Waals surface area contributed by atoms with E-state index in [9.17, 15) is 14.4 Å². The number of halogens is 1. The van der Waals surface area contributed by atoms with Crippen molar-refractivity contribution in [2.45, 2.75) is 6.92 Å². The van der Waals surface area contributed by atoms with E-state index in [1.807, 2.05) is 37.3 Å². The maximum Gasteiger partial charge on any atom is 0.269 e. The molecule has 5 aromatic rings. The summed E-state index contributed by atoms with van der Waals surface area (Å²) in [6, 6.07) is 18.4. The number of fused-ring (bicyclic) bond motifs is 2. The lowest BCUT2D eigenvalue weighted by Gasteiger charge is -2.11. The average Bonchev–Trinajstić information content (AvgIpc) is 3.25. The third-order valence-corrected chi connectivity index (χ3v) is 5.13. The molecule has 1 N–H and O–H groups in total. The summed E-state index contributed by atoms with van der Waals surface area (Å²) in [5.74, 6) is 0.213. The van der Waals surface area contributed by atoms with Gasteiger partial charge >= 0.3 is 0 Å². The molecule has 0 radical (unpaired) electrons. The van der Waals surface area contributed by atoms with Crippen LogP contribution in [0.15, 0.2) is 71.7 Å². The minimum absolute atomic E-state index is 0.00442. The molecule has 3 heterocycles. The van der Waals surface area contributed by atoms with Gasteiger partial charge in [0.1, 0.15) is 34.7 Å². The normalized spacial score (nSPS) is 11.6. The number of aromatic amines is 1. The van der Waals surface area contributed by atoms with Crippen LogP contribution in [0.4, 0.5) is 4.39 Å². The number of nitrogens with zero attached hydrogens (tertiary/aromatic N) is 4. The van der Waals surface area contributed by atoms with Crippen LogP contribution in [0.1, 0.15) is 17.0 Å². The zero-order valence-corrected chi connectivity index (χ0v) is 17.4. The van der Waals surface area contributed by atoms with Crippen LogP contribution < -0.4 is 10.3 Å². The molecular weight excluding hydrogens is 421 g/mol. The molecule has 0 aliphatic rings. The van der Waals surface area contributed by atoms with Crippen molar-refractivity contribution in [3.8, 4) is 17.7 Å². The summed E-state index contributed by atoms with van der Waals surface area (Å²) < 4.78 is 20.6. The lowest BCUT2D eigenvalue weighted by molar-refractivity contribution is 0.459. The first kappa shape index (κ1) is 20.2. The Bertz CT molecular complexity index is 1610. The standard InChI is InChI=1S/C25H16FN5O2/c1-15-5-4-12-31-23(15)30-24(33-18-10-8-17(26)9-11-18)19(25(31)32)13-16(14-27)22-28-20-6-2-3-7-21(20)29-22/h2-13H,1H3,(H,28,29). The molecule has 0 bridgehead atoms. The lowest BCUT2D eigenvalue weighted by atomic mass is 10.1. The van der Waals surface area contributed by atoms with Crippen molar-refractivity contribution in [3.63, 3.8) is 0 Å². The number of ether oxygens (including phenoxy) is 1. The minimum atomic E-state index is -0.415. The largest absolute Gasteiger partial charge is 0.438 e. The van der Waals surface area contributed by atoms with Crippen LogP contribution >= 0.6 is 0 Å². The Morgan fingerprint density at radius 3 is 2.67 bits per heavy atom. The number of para-hydroxylation sites is 2. The number of imidazole rings is 1. The van der Waals surface area contributed by atoms with E-state index in [1.54, 1.807) is 12.3 Å². The highest BCUT2D eigenvalue weighted by Crippen LogP contribution is 2.26. The summed E-state index contributed by atoms with van der Waals surface area (Å²) in [7, 11) is 0. The molecule has 0 saturated heterocycles. The predicted molar refractivity (Wildman–Crippen MR) is 122 cm³/mol. The highest BCUT2D eigenvalue weighted by Gasteiger charge is 2.17. The second-order valence-corrected chi connectivity index (χ2v) is 7.35. The number of pyridine rings is 1. The quantitative estimate of drug-likeness (QED) is 0.405. The number of nitrogens with one attached hydrogen (secondary N) is 1. The van der Waals surface area contributed by atoms with E-state index in [1.165, 1.54) is 34.7 Å². The Balaban J connectivity index is 1.72. The number of hydrogen-bond donors (Lipinski definition) is 1. The molecule has 2 aromatic carbocycles. The molecule has 0 amide bonds. The first-order valence-electron chi connectivity index (χ1n) is 10.1. The van der Waals surface area contributed by atoms with Crippen molar-refractivity contribution in [1.82, 2.24) is 19.4 Å². The van der Waals surface area contributed by atoms with Crippen molar-refractivity contribution < 1.29 is 9.13 Å². The molecule has 0 fully saturated rings. The van der Waals surface area contributed by atoms with Crippen LogP contribution in [0, 0.1) is 24.1 Å². The lowest BCUT2D eigenvalue weighted by Crippen LogP contribution is -2.19. The molecule has 7 nitrogen and oxygen atoms in total. The van der Waals surface area contributed by atoms with Gasteiger partial charge in [-0.3, -0.25) is 9.20 Å². The summed E-state index contributed by atoms with van der Waals surface area (Å²) >= 11 is 0. The molecule has 3 aromatic heterocycles. The minimum Gasteiger partial charge on any atom is -0.438 e. The molecule has 0 saturated carbocycles. The number of aryl methyl sites for hydroxylation is 1. The van der Waals surface area contributed by atoms with Crippen LogP contribution in [0.25, 0.3) is 28.3 Å². The van der Waals surface area contributed by atoms with Gasteiger partial charge in [0.15, 0.2) is 0 Å². The Morgan fingerprint density at radius 2 is 1.91 bits per heavy atom. The number of allylic oxidation sites excluding steroid dienone is 1. The third-order valence-electron chi connectivity index (χ3n) is 5.13. The van der Waals surface area contributed by atoms with E-state index in [0.717, 1.165) is 11.1 Å². The zero-order valence-electron chi connectivity index (χ0n) is 17.4. The van der Waals surface area contributed by atoms with E-state index in [2.05, 4.69) is 21.0 Å². The highest BCUT2D eigenvalue weighted by atomic mass is 19.1. The molecule has 0 aliphatic heterocycles.